The van der Waals surface area contributed by atoms with E-state index in [0.717, 1.165) is 63.5 Å². The molecule has 1 heterocycles. The van der Waals surface area contributed by atoms with Crippen molar-refractivity contribution < 1.29 is 4.74 Å². The summed E-state index contributed by atoms with van der Waals surface area (Å²) >= 11 is 0. The summed E-state index contributed by atoms with van der Waals surface area (Å²) in [5.74, 6) is 2.45. The third kappa shape index (κ3) is 10.1. The van der Waals surface area contributed by atoms with E-state index in [1.807, 2.05) is 14.0 Å². The standard InChI is InChI=1S/C23H40N4O.HI/c1-5-28-13-9-8-12-25-23(24-4)26-15-21-10-6-7-11-22(21)18-27-16-19(2)14-20(3)17-27;/h6-7,10-11,19-20H,5,8-9,12-18H2,1-4H3,(H2,24,25,26);1H. The number of guanidine groups is 1. The van der Waals surface area contributed by atoms with Crippen LogP contribution in [0.1, 0.15) is 51.2 Å². The molecule has 0 amide bonds. The number of nitrogens with zero attached hydrogens (tertiary/aromatic N) is 2. The predicted molar refractivity (Wildman–Crippen MR) is 134 cm³/mol. The van der Waals surface area contributed by atoms with E-state index in [0.29, 0.717) is 0 Å². The Bertz CT molecular complexity index is 586. The van der Waals surface area contributed by atoms with Crippen molar-refractivity contribution in [3.05, 3.63) is 35.4 Å². The maximum Gasteiger partial charge on any atom is 0.191 e. The van der Waals surface area contributed by atoms with E-state index >= 15 is 0 Å². The van der Waals surface area contributed by atoms with E-state index in [9.17, 15) is 0 Å². The van der Waals surface area contributed by atoms with Crippen LogP contribution in [0.15, 0.2) is 29.3 Å². The van der Waals surface area contributed by atoms with Crippen molar-refractivity contribution in [2.24, 2.45) is 16.8 Å². The fraction of sp³-hybridized carbons (Fsp3) is 0.696. The van der Waals surface area contributed by atoms with Gasteiger partial charge in [0, 0.05) is 53.0 Å². The SMILES string of the molecule is CCOCCCCNC(=NC)NCc1ccccc1CN1CC(C)CC(C)C1.I. The molecule has 0 spiro atoms. The van der Waals surface area contributed by atoms with E-state index in [4.69, 9.17) is 4.74 Å². The second-order valence-electron chi connectivity index (χ2n) is 8.17. The van der Waals surface area contributed by atoms with Gasteiger partial charge < -0.3 is 15.4 Å². The first-order valence-electron chi connectivity index (χ1n) is 10.9. The monoisotopic (exact) mass is 516 g/mol. The summed E-state index contributed by atoms with van der Waals surface area (Å²) in [6, 6.07) is 8.78. The summed E-state index contributed by atoms with van der Waals surface area (Å²) in [4.78, 5) is 6.97. The maximum absolute atomic E-state index is 5.38. The lowest BCUT2D eigenvalue weighted by atomic mass is 9.91. The van der Waals surface area contributed by atoms with Gasteiger partial charge in [0.05, 0.1) is 0 Å². The highest BCUT2D eigenvalue weighted by molar-refractivity contribution is 14.0. The van der Waals surface area contributed by atoms with Crippen molar-refractivity contribution in [1.82, 2.24) is 15.5 Å². The van der Waals surface area contributed by atoms with Crippen molar-refractivity contribution in [2.45, 2.75) is 53.1 Å². The fourth-order valence-corrected chi connectivity index (χ4v) is 4.13. The molecule has 0 bridgehead atoms. The second-order valence-corrected chi connectivity index (χ2v) is 8.17. The third-order valence-corrected chi connectivity index (χ3v) is 5.34. The van der Waals surface area contributed by atoms with Crippen LogP contribution >= 0.6 is 24.0 Å². The highest BCUT2D eigenvalue weighted by Crippen LogP contribution is 2.23. The largest absolute Gasteiger partial charge is 0.382 e. The van der Waals surface area contributed by atoms with Gasteiger partial charge in [0.25, 0.3) is 0 Å². The van der Waals surface area contributed by atoms with Crippen LogP contribution in [0.25, 0.3) is 0 Å². The molecule has 2 N–H and O–H groups in total. The smallest absolute Gasteiger partial charge is 0.191 e. The minimum atomic E-state index is 0. The number of nitrogens with one attached hydrogen (secondary N) is 2. The Balaban J connectivity index is 0.00000420. The van der Waals surface area contributed by atoms with Crippen LogP contribution in [-0.2, 0) is 17.8 Å². The van der Waals surface area contributed by atoms with E-state index in [1.165, 1.54) is 30.6 Å². The van der Waals surface area contributed by atoms with Crippen LogP contribution in [0.5, 0.6) is 0 Å². The maximum atomic E-state index is 5.38. The summed E-state index contributed by atoms with van der Waals surface area (Å²) in [5, 5.41) is 6.87. The summed E-state index contributed by atoms with van der Waals surface area (Å²) in [5.41, 5.74) is 2.77. The minimum Gasteiger partial charge on any atom is -0.382 e. The normalized spacial score (nSPS) is 20.2. The minimum absolute atomic E-state index is 0. The Morgan fingerprint density at radius 3 is 2.45 bits per heavy atom. The number of rotatable bonds is 10. The summed E-state index contributed by atoms with van der Waals surface area (Å²) in [6.07, 6.45) is 3.52. The van der Waals surface area contributed by atoms with Gasteiger partial charge in [-0.05, 0) is 49.1 Å². The van der Waals surface area contributed by atoms with Crippen LogP contribution in [0.3, 0.4) is 0 Å². The Labute approximate surface area is 195 Å². The first kappa shape index (κ1) is 26.2. The first-order valence-corrected chi connectivity index (χ1v) is 10.9. The molecule has 5 nitrogen and oxygen atoms in total. The molecule has 0 aliphatic carbocycles. The van der Waals surface area contributed by atoms with Gasteiger partial charge in [-0.2, -0.15) is 0 Å². The van der Waals surface area contributed by atoms with Gasteiger partial charge >= 0.3 is 0 Å². The molecule has 1 aromatic rings. The highest BCUT2D eigenvalue weighted by Gasteiger charge is 2.22. The number of hydrogen-bond donors (Lipinski definition) is 2. The van der Waals surface area contributed by atoms with Gasteiger partial charge in [-0.1, -0.05) is 38.1 Å². The van der Waals surface area contributed by atoms with Crippen molar-refractivity contribution >= 4 is 29.9 Å². The Morgan fingerprint density at radius 1 is 1.10 bits per heavy atom. The van der Waals surface area contributed by atoms with E-state index in [2.05, 4.69) is 58.6 Å². The zero-order valence-corrected chi connectivity index (χ0v) is 21.1. The second kappa shape index (κ2) is 15.0. The molecular weight excluding hydrogens is 475 g/mol. The number of piperidine rings is 1. The zero-order chi connectivity index (χ0) is 20.2. The number of hydrogen-bond acceptors (Lipinski definition) is 3. The van der Waals surface area contributed by atoms with Crippen LogP contribution in [-0.4, -0.2) is 50.8 Å². The van der Waals surface area contributed by atoms with Crippen LogP contribution in [0, 0.1) is 11.8 Å². The summed E-state index contributed by atoms with van der Waals surface area (Å²) < 4.78 is 5.38. The van der Waals surface area contributed by atoms with Crippen LogP contribution in [0.4, 0.5) is 0 Å². The molecule has 1 aliphatic heterocycles. The van der Waals surface area contributed by atoms with Crippen molar-refractivity contribution in [1.29, 1.82) is 0 Å². The van der Waals surface area contributed by atoms with Crippen LogP contribution < -0.4 is 10.6 Å². The van der Waals surface area contributed by atoms with E-state index in [1.54, 1.807) is 0 Å². The molecular formula is C23H41IN4O. The van der Waals surface area contributed by atoms with Crippen LogP contribution in [0.2, 0.25) is 0 Å². The van der Waals surface area contributed by atoms with Gasteiger partial charge in [-0.15, -0.1) is 24.0 Å². The molecule has 2 unspecified atom stereocenters. The average Bonchev–Trinajstić information content (AvgIpc) is 2.67. The lowest BCUT2D eigenvalue weighted by Gasteiger charge is -2.35. The number of unbranched alkanes of at least 4 members (excludes halogenated alkanes) is 1. The first-order chi connectivity index (χ1) is 13.6. The summed E-state index contributed by atoms with van der Waals surface area (Å²) in [6.45, 7) is 13.6. The average molecular weight is 517 g/mol. The number of halogens is 1. The van der Waals surface area contributed by atoms with Crippen molar-refractivity contribution in [2.75, 3.05) is 39.9 Å². The predicted octanol–water partition coefficient (Wildman–Crippen LogP) is 4.26. The summed E-state index contributed by atoms with van der Waals surface area (Å²) in [7, 11) is 1.83. The Morgan fingerprint density at radius 2 is 1.79 bits per heavy atom. The lowest BCUT2D eigenvalue weighted by Crippen LogP contribution is -2.39. The number of likely N-dealkylation sites (tertiary alicyclic amines) is 1. The third-order valence-electron chi connectivity index (χ3n) is 5.34. The van der Waals surface area contributed by atoms with Gasteiger partial charge in [0.15, 0.2) is 5.96 Å². The molecule has 1 saturated heterocycles. The highest BCUT2D eigenvalue weighted by atomic mass is 127. The van der Waals surface area contributed by atoms with Gasteiger partial charge in [-0.25, -0.2) is 0 Å². The number of ether oxygens (including phenoxy) is 1. The fourth-order valence-electron chi connectivity index (χ4n) is 4.13. The molecule has 0 saturated carbocycles. The van der Waals surface area contributed by atoms with Crippen molar-refractivity contribution in [3.63, 3.8) is 0 Å². The molecule has 2 atom stereocenters. The van der Waals surface area contributed by atoms with E-state index in [-0.39, 0.29) is 24.0 Å². The Kier molecular flexibility index (Phi) is 13.6. The van der Waals surface area contributed by atoms with Crippen molar-refractivity contribution in [3.8, 4) is 0 Å². The molecule has 6 heteroatoms. The topological polar surface area (TPSA) is 48.9 Å². The molecule has 2 rings (SSSR count). The van der Waals surface area contributed by atoms with Gasteiger partial charge in [0.1, 0.15) is 0 Å². The van der Waals surface area contributed by atoms with E-state index < -0.39 is 0 Å². The number of benzene rings is 1. The molecule has 0 radical (unpaired) electrons. The van der Waals surface area contributed by atoms with Gasteiger partial charge in [-0.3, -0.25) is 9.89 Å². The molecule has 166 valence electrons. The molecule has 1 aromatic carbocycles. The molecule has 1 aliphatic rings. The number of aliphatic imine (C=N–C) groups is 1. The zero-order valence-electron chi connectivity index (χ0n) is 18.7. The Hall–Kier alpha value is -0.860. The molecule has 1 fully saturated rings. The van der Waals surface area contributed by atoms with Gasteiger partial charge in [0.2, 0.25) is 0 Å². The molecule has 0 aromatic heterocycles. The lowest BCUT2D eigenvalue weighted by molar-refractivity contribution is 0.134. The quantitative estimate of drug-likeness (QED) is 0.211. The molecule has 29 heavy (non-hydrogen) atoms.